The van der Waals surface area contributed by atoms with Crippen LogP contribution in [-0.2, 0) is 0 Å². The summed E-state index contributed by atoms with van der Waals surface area (Å²) in [6, 6.07) is 0.374. The Kier molecular flexibility index (Phi) is 8.46. The van der Waals surface area contributed by atoms with Gasteiger partial charge in [-0.3, -0.25) is 0 Å². The van der Waals surface area contributed by atoms with Crippen LogP contribution in [0.1, 0.15) is 52.4 Å². The van der Waals surface area contributed by atoms with Crippen molar-refractivity contribution < 1.29 is 0 Å². The van der Waals surface area contributed by atoms with Gasteiger partial charge < -0.3 is 11.5 Å². The molecule has 0 aromatic rings. The second-order valence-corrected chi connectivity index (χ2v) is 4.30. The third-order valence-electron chi connectivity index (χ3n) is 2.51. The van der Waals surface area contributed by atoms with E-state index >= 15 is 0 Å². The van der Waals surface area contributed by atoms with Crippen molar-refractivity contribution in [3.63, 3.8) is 0 Å². The van der Waals surface area contributed by atoms with E-state index in [2.05, 4.69) is 13.8 Å². The van der Waals surface area contributed by atoms with Crippen LogP contribution < -0.4 is 11.5 Å². The van der Waals surface area contributed by atoms with E-state index in [-0.39, 0.29) is 0 Å². The van der Waals surface area contributed by atoms with Gasteiger partial charge in [-0.05, 0) is 38.6 Å². The fraction of sp³-hybridized carbons (Fsp3) is 1.00. The van der Waals surface area contributed by atoms with Crippen molar-refractivity contribution in [3.05, 3.63) is 0 Å². The lowest BCUT2D eigenvalue weighted by Crippen LogP contribution is -2.14. The fourth-order valence-electron chi connectivity index (χ4n) is 1.57. The Morgan fingerprint density at radius 2 is 1.46 bits per heavy atom. The molecule has 0 radical (unpaired) electrons. The molecule has 0 aliphatic carbocycles. The van der Waals surface area contributed by atoms with E-state index in [9.17, 15) is 0 Å². The number of hydrogen-bond donors (Lipinski definition) is 2. The zero-order chi connectivity index (χ0) is 10.1. The molecule has 0 aliphatic heterocycles. The smallest absolute Gasteiger partial charge is 0.00104 e. The molecule has 0 aliphatic rings. The predicted octanol–water partition coefficient (Wildman–Crippen LogP) is 2.27. The quantitative estimate of drug-likeness (QED) is 0.571. The fourth-order valence-corrected chi connectivity index (χ4v) is 1.57. The predicted molar refractivity (Wildman–Crippen MR) is 59.6 cm³/mol. The van der Waals surface area contributed by atoms with E-state index in [0.717, 1.165) is 12.5 Å². The summed E-state index contributed by atoms with van der Waals surface area (Å²) in [5.41, 5.74) is 11.1. The Balaban J connectivity index is 3.12. The molecule has 0 amide bonds. The summed E-state index contributed by atoms with van der Waals surface area (Å²) in [7, 11) is 0. The maximum absolute atomic E-state index is 5.67. The first-order chi connectivity index (χ1) is 6.16. The standard InChI is InChI=1S/C11H26N2/c1-10(7-5-9-12)6-3-4-8-11(2)13/h10-11H,3-9,12-13H2,1-2H3. The summed E-state index contributed by atoms with van der Waals surface area (Å²) in [5, 5.41) is 0. The summed E-state index contributed by atoms with van der Waals surface area (Å²) >= 11 is 0. The number of hydrogen-bond acceptors (Lipinski definition) is 2. The second-order valence-electron chi connectivity index (χ2n) is 4.30. The zero-order valence-corrected chi connectivity index (χ0v) is 9.26. The molecule has 0 saturated heterocycles. The van der Waals surface area contributed by atoms with Gasteiger partial charge in [-0.15, -0.1) is 0 Å². The first-order valence-corrected chi connectivity index (χ1v) is 5.62. The highest BCUT2D eigenvalue weighted by atomic mass is 14.6. The van der Waals surface area contributed by atoms with Crippen molar-refractivity contribution in [2.75, 3.05) is 6.54 Å². The molecular weight excluding hydrogens is 160 g/mol. The van der Waals surface area contributed by atoms with Gasteiger partial charge >= 0.3 is 0 Å². The molecule has 2 atom stereocenters. The van der Waals surface area contributed by atoms with E-state index in [1.807, 2.05) is 0 Å². The lowest BCUT2D eigenvalue weighted by Gasteiger charge is -2.10. The molecule has 2 heteroatoms. The van der Waals surface area contributed by atoms with Gasteiger partial charge in [-0.2, -0.15) is 0 Å². The van der Waals surface area contributed by atoms with Crippen LogP contribution in [0.5, 0.6) is 0 Å². The van der Waals surface area contributed by atoms with Gasteiger partial charge in [0, 0.05) is 6.04 Å². The zero-order valence-electron chi connectivity index (χ0n) is 9.26. The molecule has 0 heterocycles. The first kappa shape index (κ1) is 12.9. The summed E-state index contributed by atoms with van der Waals surface area (Å²) in [5.74, 6) is 0.844. The van der Waals surface area contributed by atoms with Crippen molar-refractivity contribution in [3.8, 4) is 0 Å². The maximum atomic E-state index is 5.67. The third kappa shape index (κ3) is 9.84. The lowest BCUT2D eigenvalue weighted by molar-refractivity contribution is 0.444. The van der Waals surface area contributed by atoms with E-state index < -0.39 is 0 Å². The lowest BCUT2D eigenvalue weighted by atomic mass is 9.97. The molecule has 0 bridgehead atoms. The Morgan fingerprint density at radius 3 is 2.00 bits per heavy atom. The van der Waals surface area contributed by atoms with Crippen LogP contribution in [0, 0.1) is 5.92 Å². The molecule has 0 fully saturated rings. The van der Waals surface area contributed by atoms with Crippen LogP contribution in [0.4, 0.5) is 0 Å². The van der Waals surface area contributed by atoms with E-state index in [1.165, 1.54) is 38.5 Å². The minimum atomic E-state index is 0.374. The van der Waals surface area contributed by atoms with Gasteiger partial charge in [0.2, 0.25) is 0 Å². The summed E-state index contributed by atoms with van der Waals surface area (Å²) in [6.07, 6.45) is 7.58. The Hall–Kier alpha value is -0.0800. The van der Waals surface area contributed by atoms with E-state index in [4.69, 9.17) is 11.5 Å². The van der Waals surface area contributed by atoms with Crippen molar-refractivity contribution in [1.82, 2.24) is 0 Å². The van der Waals surface area contributed by atoms with Gasteiger partial charge in [-0.1, -0.05) is 26.2 Å². The van der Waals surface area contributed by atoms with Gasteiger partial charge in [-0.25, -0.2) is 0 Å². The molecule has 0 aromatic heterocycles. The first-order valence-electron chi connectivity index (χ1n) is 5.62. The highest BCUT2D eigenvalue weighted by Gasteiger charge is 2.01. The van der Waals surface area contributed by atoms with Crippen molar-refractivity contribution in [2.24, 2.45) is 17.4 Å². The average Bonchev–Trinajstić information content (AvgIpc) is 2.08. The van der Waals surface area contributed by atoms with Gasteiger partial charge in [0.15, 0.2) is 0 Å². The number of rotatable bonds is 8. The molecule has 13 heavy (non-hydrogen) atoms. The van der Waals surface area contributed by atoms with Gasteiger partial charge in [0.1, 0.15) is 0 Å². The average molecular weight is 186 g/mol. The highest BCUT2D eigenvalue weighted by Crippen LogP contribution is 2.14. The highest BCUT2D eigenvalue weighted by molar-refractivity contribution is 4.57. The van der Waals surface area contributed by atoms with Crippen LogP contribution in [0.3, 0.4) is 0 Å². The van der Waals surface area contributed by atoms with Crippen LogP contribution in [0.2, 0.25) is 0 Å². The van der Waals surface area contributed by atoms with Crippen LogP contribution in [0.25, 0.3) is 0 Å². The summed E-state index contributed by atoms with van der Waals surface area (Å²) in [6.45, 7) is 5.24. The molecule has 80 valence electrons. The minimum Gasteiger partial charge on any atom is -0.330 e. The monoisotopic (exact) mass is 186 g/mol. The van der Waals surface area contributed by atoms with Gasteiger partial charge in [0.05, 0.1) is 0 Å². The van der Waals surface area contributed by atoms with Crippen molar-refractivity contribution >= 4 is 0 Å². The maximum Gasteiger partial charge on any atom is 0.00104 e. The molecule has 2 nitrogen and oxygen atoms in total. The van der Waals surface area contributed by atoms with Crippen molar-refractivity contribution in [2.45, 2.75) is 58.4 Å². The van der Waals surface area contributed by atoms with Crippen molar-refractivity contribution in [1.29, 1.82) is 0 Å². The molecule has 4 N–H and O–H groups in total. The molecule has 0 aromatic carbocycles. The normalized spacial score (nSPS) is 15.7. The van der Waals surface area contributed by atoms with Gasteiger partial charge in [0.25, 0.3) is 0 Å². The van der Waals surface area contributed by atoms with E-state index in [1.54, 1.807) is 0 Å². The number of unbranched alkanes of at least 4 members (excludes halogenated alkanes) is 1. The Bertz CT molecular complexity index is 102. The van der Waals surface area contributed by atoms with Crippen LogP contribution >= 0.6 is 0 Å². The number of nitrogens with two attached hydrogens (primary N) is 2. The van der Waals surface area contributed by atoms with Crippen LogP contribution in [-0.4, -0.2) is 12.6 Å². The SMILES string of the molecule is CC(N)CCCCC(C)CCCN. The molecule has 2 unspecified atom stereocenters. The molecule has 0 rings (SSSR count). The molecular formula is C11H26N2. The third-order valence-corrected chi connectivity index (χ3v) is 2.51. The second kappa shape index (κ2) is 8.52. The Morgan fingerprint density at radius 1 is 0.923 bits per heavy atom. The van der Waals surface area contributed by atoms with Crippen LogP contribution in [0.15, 0.2) is 0 Å². The minimum absolute atomic E-state index is 0.374. The summed E-state index contributed by atoms with van der Waals surface area (Å²) < 4.78 is 0. The Labute approximate surface area is 83.1 Å². The molecule has 0 saturated carbocycles. The topological polar surface area (TPSA) is 52.0 Å². The summed E-state index contributed by atoms with van der Waals surface area (Å²) in [4.78, 5) is 0. The van der Waals surface area contributed by atoms with E-state index in [0.29, 0.717) is 6.04 Å². The largest absolute Gasteiger partial charge is 0.330 e. The molecule has 0 spiro atoms.